The zero-order valence-electron chi connectivity index (χ0n) is 16.9. The van der Waals surface area contributed by atoms with Crippen molar-refractivity contribution in [3.8, 4) is 17.2 Å². The van der Waals surface area contributed by atoms with Crippen molar-refractivity contribution in [1.82, 2.24) is 20.1 Å². The summed E-state index contributed by atoms with van der Waals surface area (Å²) in [5, 5.41) is 12.3. The number of amides is 1. The summed E-state index contributed by atoms with van der Waals surface area (Å²) in [6, 6.07) is 13.5. The molecule has 160 valence electrons. The second-order valence-corrected chi connectivity index (χ2v) is 7.98. The number of aromatic nitrogens is 3. The van der Waals surface area contributed by atoms with E-state index in [-0.39, 0.29) is 18.5 Å². The van der Waals surface area contributed by atoms with Crippen molar-refractivity contribution >= 4 is 29.3 Å². The molecule has 0 fully saturated rings. The van der Waals surface area contributed by atoms with Gasteiger partial charge in [0.15, 0.2) is 16.7 Å². The summed E-state index contributed by atoms with van der Waals surface area (Å²) in [5.74, 6) is 3.24. The smallest absolute Gasteiger partial charge is 0.232 e. The van der Waals surface area contributed by atoms with Gasteiger partial charge in [0.05, 0.1) is 12.9 Å². The molecule has 5 rings (SSSR count). The highest BCUT2D eigenvalue weighted by molar-refractivity contribution is 7.99. The van der Waals surface area contributed by atoms with E-state index in [2.05, 4.69) is 20.4 Å². The van der Waals surface area contributed by atoms with Gasteiger partial charge >= 0.3 is 0 Å². The SMILES string of the molecule is COc1ccc(N2CCn3c(SCC(=O)NCc4ccc5c(c4)OCO5)nnc32)cc1. The normalized spacial score (nSPS) is 13.9. The van der Waals surface area contributed by atoms with Crippen LogP contribution in [0.4, 0.5) is 11.6 Å². The van der Waals surface area contributed by atoms with Gasteiger partial charge in [-0.05, 0) is 42.0 Å². The first-order valence-electron chi connectivity index (χ1n) is 9.84. The molecule has 3 aromatic rings. The van der Waals surface area contributed by atoms with E-state index in [1.165, 1.54) is 11.8 Å². The molecule has 10 heteroatoms. The van der Waals surface area contributed by atoms with Crippen molar-refractivity contribution < 1.29 is 19.0 Å². The molecule has 0 saturated heterocycles. The maximum absolute atomic E-state index is 12.3. The molecule has 0 bridgehead atoms. The monoisotopic (exact) mass is 439 g/mol. The van der Waals surface area contributed by atoms with Crippen molar-refractivity contribution in [2.24, 2.45) is 0 Å². The van der Waals surface area contributed by atoms with Gasteiger partial charge in [-0.3, -0.25) is 9.36 Å². The van der Waals surface area contributed by atoms with Crippen LogP contribution >= 0.6 is 11.8 Å². The van der Waals surface area contributed by atoms with Crippen molar-refractivity contribution in [3.63, 3.8) is 0 Å². The van der Waals surface area contributed by atoms with Crippen LogP contribution in [-0.2, 0) is 17.9 Å². The summed E-state index contributed by atoms with van der Waals surface area (Å²) < 4.78 is 17.9. The molecule has 0 radical (unpaired) electrons. The Bertz CT molecular complexity index is 1100. The number of anilines is 2. The molecule has 1 N–H and O–H groups in total. The fourth-order valence-electron chi connectivity index (χ4n) is 3.52. The fourth-order valence-corrected chi connectivity index (χ4v) is 4.31. The summed E-state index contributed by atoms with van der Waals surface area (Å²) in [5.41, 5.74) is 1.99. The minimum atomic E-state index is -0.0648. The lowest BCUT2D eigenvalue weighted by Gasteiger charge is -2.15. The first-order chi connectivity index (χ1) is 15.2. The van der Waals surface area contributed by atoms with E-state index in [9.17, 15) is 4.79 Å². The molecule has 1 amide bonds. The van der Waals surface area contributed by atoms with Crippen molar-refractivity contribution in [2.75, 3.05) is 31.1 Å². The number of benzene rings is 2. The molecule has 0 spiro atoms. The number of nitrogens with zero attached hydrogens (tertiary/aromatic N) is 4. The van der Waals surface area contributed by atoms with Gasteiger partial charge in [-0.25, -0.2) is 0 Å². The highest BCUT2D eigenvalue weighted by atomic mass is 32.2. The number of rotatable bonds is 7. The van der Waals surface area contributed by atoms with Crippen molar-refractivity contribution in [1.29, 1.82) is 0 Å². The Morgan fingerprint density at radius 1 is 1.13 bits per heavy atom. The average molecular weight is 439 g/mol. The van der Waals surface area contributed by atoms with Gasteiger partial charge in [-0.15, -0.1) is 10.2 Å². The molecule has 1 aromatic heterocycles. The van der Waals surface area contributed by atoms with Gasteiger partial charge in [0.1, 0.15) is 5.75 Å². The molecule has 0 atom stereocenters. The van der Waals surface area contributed by atoms with E-state index in [1.54, 1.807) is 7.11 Å². The third-order valence-corrected chi connectivity index (χ3v) is 6.10. The molecule has 0 saturated carbocycles. The number of methoxy groups -OCH3 is 1. The number of ether oxygens (including phenoxy) is 3. The van der Waals surface area contributed by atoms with E-state index in [4.69, 9.17) is 14.2 Å². The predicted octanol–water partition coefficient (Wildman–Crippen LogP) is 2.58. The summed E-state index contributed by atoms with van der Waals surface area (Å²) in [4.78, 5) is 14.4. The molecule has 3 heterocycles. The highest BCUT2D eigenvalue weighted by Crippen LogP contribution is 2.33. The van der Waals surface area contributed by atoms with E-state index in [1.807, 2.05) is 47.0 Å². The molecule has 2 aromatic carbocycles. The molecule has 9 nitrogen and oxygen atoms in total. The second kappa shape index (κ2) is 8.38. The zero-order chi connectivity index (χ0) is 21.2. The number of thioether (sulfide) groups is 1. The van der Waals surface area contributed by atoms with E-state index in [0.29, 0.717) is 12.3 Å². The van der Waals surface area contributed by atoms with Crippen LogP contribution in [0.2, 0.25) is 0 Å². The van der Waals surface area contributed by atoms with Crippen LogP contribution < -0.4 is 24.4 Å². The Hall–Kier alpha value is -3.40. The van der Waals surface area contributed by atoms with E-state index >= 15 is 0 Å². The van der Waals surface area contributed by atoms with Crippen LogP contribution in [0.1, 0.15) is 5.56 Å². The minimum absolute atomic E-state index is 0.0648. The zero-order valence-corrected chi connectivity index (χ0v) is 17.7. The van der Waals surface area contributed by atoms with E-state index in [0.717, 1.165) is 46.9 Å². The van der Waals surface area contributed by atoms with Crippen molar-refractivity contribution in [3.05, 3.63) is 48.0 Å². The van der Waals surface area contributed by atoms with Crippen LogP contribution in [0.5, 0.6) is 17.2 Å². The largest absolute Gasteiger partial charge is 0.497 e. The highest BCUT2D eigenvalue weighted by Gasteiger charge is 2.26. The maximum atomic E-state index is 12.3. The fraction of sp³-hybridized carbons (Fsp3) is 0.286. The Kier molecular flexibility index (Phi) is 5.29. The standard InChI is InChI=1S/C21H21N5O4S/c1-28-16-5-3-15(4-6-16)25-8-9-26-20(25)23-24-21(26)31-12-19(27)22-11-14-2-7-17-18(10-14)30-13-29-17/h2-7,10H,8-9,11-13H2,1H3,(H,22,27). The quantitative estimate of drug-likeness (QED) is 0.562. The van der Waals surface area contributed by atoms with Crippen LogP contribution in [0.25, 0.3) is 0 Å². The van der Waals surface area contributed by atoms with Gasteiger partial charge in [0.2, 0.25) is 18.6 Å². The Balaban J connectivity index is 1.17. The molecule has 0 aliphatic carbocycles. The van der Waals surface area contributed by atoms with Crippen LogP contribution in [-0.4, -0.2) is 46.9 Å². The van der Waals surface area contributed by atoms with Gasteiger partial charge in [-0.2, -0.15) is 0 Å². The number of carbonyl (C=O) groups is 1. The van der Waals surface area contributed by atoms with Gasteiger partial charge in [0.25, 0.3) is 0 Å². The van der Waals surface area contributed by atoms with Gasteiger partial charge in [-0.1, -0.05) is 17.8 Å². The number of carbonyl (C=O) groups excluding carboxylic acids is 1. The molecule has 31 heavy (non-hydrogen) atoms. The molecule has 2 aliphatic heterocycles. The minimum Gasteiger partial charge on any atom is -0.497 e. The summed E-state index contributed by atoms with van der Waals surface area (Å²) in [7, 11) is 1.65. The number of hydrogen-bond acceptors (Lipinski definition) is 8. The maximum Gasteiger partial charge on any atom is 0.232 e. The first kappa shape index (κ1) is 19.6. The van der Waals surface area contributed by atoms with E-state index < -0.39 is 0 Å². The first-order valence-corrected chi connectivity index (χ1v) is 10.8. The summed E-state index contributed by atoms with van der Waals surface area (Å²) in [6.07, 6.45) is 0. The van der Waals surface area contributed by atoms with Gasteiger partial charge < -0.3 is 24.4 Å². The molecule has 2 aliphatic rings. The van der Waals surface area contributed by atoms with Crippen LogP contribution in [0, 0.1) is 0 Å². The number of nitrogens with one attached hydrogen (secondary N) is 1. The second-order valence-electron chi connectivity index (χ2n) is 7.04. The Labute approximate surface area is 183 Å². The third kappa shape index (κ3) is 3.98. The topological polar surface area (TPSA) is 90.7 Å². The van der Waals surface area contributed by atoms with Crippen molar-refractivity contribution in [2.45, 2.75) is 18.2 Å². The lowest BCUT2D eigenvalue weighted by atomic mass is 10.2. The van der Waals surface area contributed by atoms with Gasteiger partial charge in [0, 0.05) is 25.3 Å². The number of fused-ring (bicyclic) bond motifs is 2. The van der Waals surface area contributed by atoms with Crippen LogP contribution in [0.15, 0.2) is 47.6 Å². The lowest BCUT2D eigenvalue weighted by Crippen LogP contribution is -2.24. The molecular weight excluding hydrogens is 418 g/mol. The summed E-state index contributed by atoms with van der Waals surface area (Å²) >= 11 is 1.39. The average Bonchev–Trinajstić information content (AvgIpc) is 3.52. The Morgan fingerprint density at radius 2 is 1.97 bits per heavy atom. The third-order valence-electron chi connectivity index (χ3n) is 5.13. The summed E-state index contributed by atoms with van der Waals surface area (Å²) in [6.45, 7) is 2.25. The predicted molar refractivity (Wildman–Crippen MR) is 115 cm³/mol. The Morgan fingerprint density at radius 3 is 2.81 bits per heavy atom. The molecular formula is C21H21N5O4S. The number of hydrogen-bond donors (Lipinski definition) is 1. The lowest BCUT2D eigenvalue weighted by molar-refractivity contribution is -0.118. The molecule has 0 unspecified atom stereocenters. The van der Waals surface area contributed by atoms with Crippen LogP contribution in [0.3, 0.4) is 0 Å².